The maximum Gasteiger partial charge on any atom is 0.416 e. The Hall–Kier alpha value is -1.82. The van der Waals surface area contributed by atoms with E-state index in [2.05, 4.69) is 17.4 Å². The fraction of sp³-hybridized carbons (Fsp3) is 0.357. The van der Waals surface area contributed by atoms with Gasteiger partial charge in [0.1, 0.15) is 0 Å². The van der Waals surface area contributed by atoms with Crippen LogP contribution in [0.2, 0.25) is 0 Å². The molecule has 108 valence electrons. The molecule has 0 aliphatic rings. The maximum absolute atomic E-state index is 12.5. The second-order valence-electron chi connectivity index (χ2n) is 4.43. The van der Waals surface area contributed by atoms with Gasteiger partial charge in [-0.15, -0.1) is 0 Å². The van der Waals surface area contributed by atoms with Gasteiger partial charge < -0.3 is 9.84 Å². The Balaban J connectivity index is 2.08. The van der Waals surface area contributed by atoms with Crippen molar-refractivity contribution >= 4 is 0 Å². The van der Waals surface area contributed by atoms with Crippen molar-refractivity contribution in [2.24, 2.45) is 0 Å². The Labute approximate surface area is 114 Å². The molecule has 0 unspecified atom stereocenters. The van der Waals surface area contributed by atoms with E-state index < -0.39 is 11.7 Å². The topological polar surface area (TPSA) is 38.1 Å². The number of rotatable bonds is 5. The molecule has 1 aromatic carbocycles. The molecule has 0 spiro atoms. The van der Waals surface area contributed by atoms with Crippen LogP contribution in [-0.2, 0) is 12.7 Å². The van der Waals surface area contributed by atoms with Crippen LogP contribution in [0.4, 0.5) is 13.2 Å². The molecule has 1 N–H and O–H groups in total. The van der Waals surface area contributed by atoms with Crippen molar-refractivity contribution in [3.63, 3.8) is 0 Å². The molecule has 0 bridgehead atoms. The molecule has 20 heavy (non-hydrogen) atoms. The zero-order chi connectivity index (χ0) is 14.6. The minimum atomic E-state index is -4.32. The summed E-state index contributed by atoms with van der Waals surface area (Å²) in [6, 6.07) is 6.56. The third-order valence-corrected chi connectivity index (χ3v) is 2.79. The molecule has 0 saturated carbocycles. The highest BCUT2D eigenvalue weighted by Gasteiger charge is 2.30. The first-order valence-corrected chi connectivity index (χ1v) is 6.34. The standard InChI is InChI=1S/C14H15F3N2O/c1-2-7-18-9-12-8-13(20-19-12)10-3-5-11(6-4-10)14(15,16)17/h3-6,8,18H,2,7,9H2,1H3. The van der Waals surface area contributed by atoms with Crippen LogP contribution in [0.3, 0.4) is 0 Å². The highest BCUT2D eigenvalue weighted by atomic mass is 19.4. The molecule has 0 fully saturated rings. The number of halogens is 3. The van der Waals surface area contributed by atoms with Crippen molar-refractivity contribution in [3.8, 4) is 11.3 Å². The smallest absolute Gasteiger partial charge is 0.356 e. The second kappa shape index (κ2) is 6.09. The molecule has 0 amide bonds. The number of aromatic nitrogens is 1. The molecule has 0 radical (unpaired) electrons. The Morgan fingerprint density at radius 2 is 1.90 bits per heavy atom. The van der Waals surface area contributed by atoms with Gasteiger partial charge in [-0.3, -0.25) is 0 Å². The van der Waals surface area contributed by atoms with Gasteiger partial charge in [-0.1, -0.05) is 24.2 Å². The van der Waals surface area contributed by atoms with E-state index in [1.165, 1.54) is 12.1 Å². The lowest BCUT2D eigenvalue weighted by Crippen LogP contribution is -2.13. The van der Waals surface area contributed by atoms with Crippen molar-refractivity contribution in [1.82, 2.24) is 10.5 Å². The summed E-state index contributed by atoms with van der Waals surface area (Å²) in [4.78, 5) is 0. The number of hydrogen-bond donors (Lipinski definition) is 1. The average Bonchev–Trinajstić information content (AvgIpc) is 2.87. The van der Waals surface area contributed by atoms with Gasteiger partial charge in [-0.25, -0.2) is 0 Å². The van der Waals surface area contributed by atoms with Crippen LogP contribution in [0.25, 0.3) is 11.3 Å². The van der Waals surface area contributed by atoms with Gasteiger partial charge >= 0.3 is 6.18 Å². The predicted molar refractivity (Wildman–Crippen MR) is 68.9 cm³/mol. The van der Waals surface area contributed by atoms with Crippen LogP contribution in [0.15, 0.2) is 34.9 Å². The molecule has 2 rings (SSSR count). The minimum Gasteiger partial charge on any atom is -0.356 e. The van der Waals surface area contributed by atoms with E-state index >= 15 is 0 Å². The van der Waals surface area contributed by atoms with Gasteiger partial charge in [0.2, 0.25) is 0 Å². The quantitative estimate of drug-likeness (QED) is 0.847. The lowest BCUT2D eigenvalue weighted by Gasteiger charge is -2.06. The number of hydrogen-bond acceptors (Lipinski definition) is 3. The second-order valence-corrected chi connectivity index (χ2v) is 4.43. The van der Waals surface area contributed by atoms with Crippen LogP contribution in [0, 0.1) is 0 Å². The van der Waals surface area contributed by atoms with Crippen molar-refractivity contribution < 1.29 is 17.7 Å². The summed E-state index contributed by atoms with van der Waals surface area (Å²) in [6.07, 6.45) is -3.31. The summed E-state index contributed by atoms with van der Waals surface area (Å²) in [7, 11) is 0. The molecule has 1 heterocycles. The summed E-state index contributed by atoms with van der Waals surface area (Å²) in [5.41, 5.74) is 0.631. The Morgan fingerprint density at radius 1 is 1.20 bits per heavy atom. The molecular weight excluding hydrogens is 269 g/mol. The van der Waals surface area contributed by atoms with E-state index in [0.717, 1.165) is 30.8 Å². The summed E-state index contributed by atoms with van der Waals surface area (Å²) in [6.45, 7) is 3.52. The fourth-order valence-corrected chi connectivity index (χ4v) is 1.75. The monoisotopic (exact) mass is 284 g/mol. The molecule has 6 heteroatoms. The summed E-state index contributed by atoms with van der Waals surface area (Å²) < 4.78 is 42.5. The van der Waals surface area contributed by atoms with E-state index in [1.807, 2.05) is 0 Å². The summed E-state index contributed by atoms with van der Waals surface area (Å²) in [5.74, 6) is 0.465. The third-order valence-electron chi connectivity index (χ3n) is 2.79. The molecule has 0 aliphatic carbocycles. The van der Waals surface area contributed by atoms with Crippen LogP contribution in [0.1, 0.15) is 24.6 Å². The average molecular weight is 284 g/mol. The normalized spacial score (nSPS) is 11.8. The Morgan fingerprint density at radius 3 is 2.50 bits per heavy atom. The van der Waals surface area contributed by atoms with Crippen LogP contribution >= 0.6 is 0 Å². The lowest BCUT2D eigenvalue weighted by molar-refractivity contribution is -0.137. The Kier molecular flexibility index (Phi) is 4.44. The maximum atomic E-state index is 12.5. The highest BCUT2D eigenvalue weighted by molar-refractivity contribution is 5.57. The van der Waals surface area contributed by atoms with Gasteiger partial charge in [0, 0.05) is 18.2 Å². The van der Waals surface area contributed by atoms with E-state index in [0.29, 0.717) is 17.9 Å². The Bertz CT molecular complexity index is 546. The van der Waals surface area contributed by atoms with Gasteiger partial charge in [0.05, 0.1) is 11.3 Å². The SMILES string of the molecule is CCCNCc1cc(-c2ccc(C(F)(F)F)cc2)on1. The lowest BCUT2D eigenvalue weighted by atomic mass is 10.1. The predicted octanol–water partition coefficient (Wildman–Crippen LogP) is 3.86. The fourth-order valence-electron chi connectivity index (χ4n) is 1.75. The first-order valence-electron chi connectivity index (χ1n) is 6.34. The number of nitrogens with one attached hydrogen (secondary N) is 1. The van der Waals surface area contributed by atoms with Crippen molar-refractivity contribution in [2.45, 2.75) is 26.1 Å². The van der Waals surface area contributed by atoms with Crippen LogP contribution in [0.5, 0.6) is 0 Å². The molecule has 1 aromatic heterocycles. The summed E-state index contributed by atoms with van der Waals surface area (Å²) >= 11 is 0. The third kappa shape index (κ3) is 3.60. The van der Waals surface area contributed by atoms with Gasteiger partial charge in [-0.2, -0.15) is 13.2 Å². The number of alkyl halides is 3. The molecule has 3 nitrogen and oxygen atoms in total. The van der Waals surface area contributed by atoms with Crippen molar-refractivity contribution in [1.29, 1.82) is 0 Å². The highest BCUT2D eigenvalue weighted by Crippen LogP contribution is 2.31. The zero-order valence-electron chi connectivity index (χ0n) is 11.0. The molecular formula is C14H15F3N2O. The van der Waals surface area contributed by atoms with E-state index in [-0.39, 0.29) is 0 Å². The van der Waals surface area contributed by atoms with E-state index in [4.69, 9.17) is 4.52 Å². The summed E-state index contributed by atoms with van der Waals surface area (Å²) in [5, 5.41) is 7.05. The van der Waals surface area contributed by atoms with Gasteiger partial charge in [0.25, 0.3) is 0 Å². The van der Waals surface area contributed by atoms with E-state index in [1.54, 1.807) is 6.07 Å². The molecule has 0 atom stereocenters. The molecule has 0 saturated heterocycles. The molecule has 2 aromatic rings. The van der Waals surface area contributed by atoms with Crippen LogP contribution in [-0.4, -0.2) is 11.7 Å². The van der Waals surface area contributed by atoms with E-state index in [9.17, 15) is 13.2 Å². The largest absolute Gasteiger partial charge is 0.416 e. The van der Waals surface area contributed by atoms with Crippen LogP contribution < -0.4 is 5.32 Å². The minimum absolute atomic E-state index is 0.465. The van der Waals surface area contributed by atoms with Crippen molar-refractivity contribution in [3.05, 3.63) is 41.6 Å². The molecule has 0 aliphatic heterocycles. The number of nitrogens with zero attached hydrogens (tertiary/aromatic N) is 1. The zero-order valence-corrected chi connectivity index (χ0v) is 11.0. The number of benzene rings is 1. The first kappa shape index (κ1) is 14.6. The van der Waals surface area contributed by atoms with Gasteiger partial charge in [-0.05, 0) is 25.1 Å². The van der Waals surface area contributed by atoms with Crippen molar-refractivity contribution in [2.75, 3.05) is 6.54 Å². The van der Waals surface area contributed by atoms with Gasteiger partial charge in [0.15, 0.2) is 5.76 Å². The first-order chi connectivity index (χ1) is 9.50.